The predicted molar refractivity (Wildman–Crippen MR) is 98.2 cm³/mol. The Morgan fingerprint density at radius 3 is 2.42 bits per heavy atom. The van der Waals surface area contributed by atoms with Crippen molar-refractivity contribution in [2.75, 3.05) is 7.11 Å². The van der Waals surface area contributed by atoms with Gasteiger partial charge in [-0.05, 0) is 31.0 Å². The maximum atomic E-state index is 5.50. The van der Waals surface area contributed by atoms with Crippen LogP contribution in [0.4, 0.5) is 0 Å². The fourth-order valence-corrected chi connectivity index (χ4v) is 3.09. The molecule has 126 valence electrons. The molecule has 0 saturated carbocycles. The summed E-state index contributed by atoms with van der Waals surface area (Å²) in [6, 6.07) is 16.6. The van der Waals surface area contributed by atoms with Crippen LogP contribution >= 0.6 is 0 Å². The molecule has 2 aromatic carbocycles. The summed E-state index contributed by atoms with van der Waals surface area (Å²) in [5.41, 5.74) is 3.23. The zero-order chi connectivity index (χ0) is 17.1. The van der Waals surface area contributed by atoms with Crippen molar-refractivity contribution in [2.45, 2.75) is 32.9 Å². The van der Waals surface area contributed by atoms with Gasteiger partial charge >= 0.3 is 0 Å². The Balaban J connectivity index is 1.88. The lowest BCUT2D eigenvalue weighted by Crippen LogP contribution is -2.29. The van der Waals surface area contributed by atoms with Gasteiger partial charge in [0, 0.05) is 11.6 Å². The van der Waals surface area contributed by atoms with Crippen LogP contribution in [-0.2, 0) is 0 Å². The highest BCUT2D eigenvalue weighted by Gasteiger charge is 2.23. The molecule has 0 spiro atoms. The largest absolute Gasteiger partial charge is 0.496 e. The van der Waals surface area contributed by atoms with E-state index >= 15 is 0 Å². The van der Waals surface area contributed by atoms with Gasteiger partial charge in [0.1, 0.15) is 11.6 Å². The topological polar surface area (TPSA) is 49.9 Å². The van der Waals surface area contributed by atoms with Crippen LogP contribution in [0.25, 0.3) is 11.0 Å². The van der Waals surface area contributed by atoms with Crippen molar-refractivity contribution >= 4 is 11.0 Å². The Bertz CT molecular complexity index is 776. The Morgan fingerprint density at radius 1 is 1.00 bits per heavy atom. The smallest absolute Gasteiger partial charge is 0.124 e. The van der Waals surface area contributed by atoms with Crippen molar-refractivity contribution in [1.29, 1.82) is 0 Å². The molecule has 0 aliphatic heterocycles. The fourth-order valence-electron chi connectivity index (χ4n) is 3.09. The summed E-state index contributed by atoms with van der Waals surface area (Å²) < 4.78 is 5.50. The number of imidazole rings is 1. The summed E-state index contributed by atoms with van der Waals surface area (Å²) in [6.45, 7) is 6.58. The monoisotopic (exact) mass is 323 g/mol. The van der Waals surface area contributed by atoms with Crippen molar-refractivity contribution in [1.82, 2.24) is 15.3 Å². The van der Waals surface area contributed by atoms with Crippen LogP contribution in [0.3, 0.4) is 0 Å². The Labute approximate surface area is 143 Å². The number of nitrogens with zero attached hydrogens (tertiary/aromatic N) is 1. The fraction of sp³-hybridized carbons (Fsp3) is 0.350. The van der Waals surface area contributed by atoms with Gasteiger partial charge in [0.05, 0.1) is 24.2 Å². The first-order chi connectivity index (χ1) is 11.6. The molecular formula is C20H25N3O. The van der Waals surface area contributed by atoms with Gasteiger partial charge in [-0.3, -0.25) is 0 Å². The quantitative estimate of drug-likeness (QED) is 0.696. The number of nitrogens with one attached hydrogen (secondary N) is 2. The number of benzene rings is 2. The molecule has 0 fully saturated rings. The van der Waals surface area contributed by atoms with E-state index in [-0.39, 0.29) is 12.1 Å². The van der Waals surface area contributed by atoms with E-state index in [0.29, 0.717) is 5.92 Å². The number of aromatic amines is 1. The highest BCUT2D eigenvalue weighted by molar-refractivity contribution is 5.74. The van der Waals surface area contributed by atoms with Crippen molar-refractivity contribution in [2.24, 2.45) is 5.92 Å². The van der Waals surface area contributed by atoms with Crippen molar-refractivity contribution in [3.05, 3.63) is 59.9 Å². The number of para-hydroxylation sites is 3. The van der Waals surface area contributed by atoms with Gasteiger partial charge in [-0.25, -0.2) is 4.98 Å². The number of hydrogen-bond donors (Lipinski definition) is 2. The lowest BCUT2D eigenvalue weighted by molar-refractivity contribution is 0.350. The molecule has 24 heavy (non-hydrogen) atoms. The molecular weight excluding hydrogens is 298 g/mol. The summed E-state index contributed by atoms with van der Waals surface area (Å²) >= 11 is 0. The second-order valence-corrected chi connectivity index (χ2v) is 6.49. The molecule has 1 heterocycles. The molecule has 0 aliphatic rings. The molecule has 2 atom stereocenters. The lowest BCUT2D eigenvalue weighted by Gasteiger charge is -2.26. The minimum atomic E-state index is 0.136. The Kier molecular flexibility index (Phi) is 4.86. The zero-order valence-corrected chi connectivity index (χ0v) is 14.7. The maximum Gasteiger partial charge on any atom is 0.124 e. The third-order valence-corrected chi connectivity index (χ3v) is 4.40. The number of fused-ring (bicyclic) bond motifs is 1. The van der Waals surface area contributed by atoms with Crippen LogP contribution < -0.4 is 10.1 Å². The van der Waals surface area contributed by atoms with E-state index in [0.717, 1.165) is 28.2 Å². The summed E-state index contributed by atoms with van der Waals surface area (Å²) in [5, 5.41) is 3.71. The number of hydrogen-bond acceptors (Lipinski definition) is 3. The average molecular weight is 323 g/mol. The standard InChI is InChI=1S/C20H25N3O/c1-13(2)19(20-22-16-10-6-7-11-17(16)23-20)21-14(3)15-9-5-8-12-18(15)24-4/h5-14,19,21H,1-4H3,(H,22,23)/t14-,19+/m0/s1. The highest BCUT2D eigenvalue weighted by Crippen LogP contribution is 2.29. The van der Waals surface area contributed by atoms with Gasteiger partial charge < -0.3 is 15.0 Å². The number of methoxy groups -OCH3 is 1. The molecule has 3 aromatic rings. The number of rotatable bonds is 6. The molecule has 1 aromatic heterocycles. The van der Waals surface area contributed by atoms with Crippen LogP contribution in [0.15, 0.2) is 48.5 Å². The van der Waals surface area contributed by atoms with E-state index in [2.05, 4.69) is 43.2 Å². The van der Waals surface area contributed by atoms with Gasteiger partial charge in [0.2, 0.25) is 0 Å². The first-order valence-corrected chi connectivity index (χ1v) is 8.43. The molecule has 4 heteroatoms. The second-order valence-electron chi connectivity index (χ2n) is 6.49. The Morgan fingerprint density at radius 2 is 1.71 bits per heavy atom. The molecule has 0 amide bonds. The molecule has 0 unspecified atom stereocenters. The number of aromatic nitrogens is 2. The SMILES string of the molecule is COc1ccccc1[C@H](C)N[C@@H](c1nc2ccccc2[nH]1)C(C)C. The average Bonchev–Trinajstić information content (AvgIpc) is 3.02. The normalized spacial score (nSPS) is 14.0. The Hall–Kier alpha value is -2.33. The molecule has 2 N–H and O–H groups in total. The zero-order valence-electron chi connectivity index (χ0n) is 14.7. The summed E-state index contributed by atoms with van der Waals surface area (Å²) in [4.78, 5) is 8.23. The molecule has 0 bridgehead atoms. The van der Waals surface area contributed by atoms with Crippen molar-refractivity contribution in [3.8, 4) is 5.75 Å². The first kappa shape index (κ1) is 16.5. The first-order valence-electron chi connectivity index (χ1n) is 8.43. The van der Waals surface area contributed by atoms with Crippen LogP contribution in [0.1, 0.15) is 44.2 Å². The third kappa shape index (κ3) is 3.29. The van der Waals surface area contributed by atoms with E-state index in [1.807, 2.05) is 36.4 Å². The molecule has 3 rings (SSSR count). The van der Waals surface area contributed by atoms with Gasteiger partial charge in [0.15, 0.2) is 0 Å². The minimum Gasteiger partial charge on any atom is -0.496 e. The maximum absolute atomic E-state index is 5.50. The van der Waals surface area contributed by atoms with Crippen LogP contribution in [0.5, 0.6) is 5.75 Å². The molecule has 0 aliphatic carbocycles. The third-order valence-electron chi connectivity index (χ3n) is 4.40. The predicted octanol–water partition coefficient (Wildman–Crippen LogP) is 4.62. The molecule has 0 radical (unpaired) electrons. The van der Waals surface area contributed by atoms with Crippen molar-refractivity contribution < 1.29 is 4.74 Å². The van der Waals surface area contributed by atoms with E-state index < -0.39 is 0 Å². The molecule has 0 saturated heterocycles. The van der Waals surface area contributed by atoms with Crippen LogP contribution in [0, 0.1) is 5.92 Å². The van der Waals surface area contributed by atoms with Crippen LogP contribution in [0.2, 0.25) is 0 Å². The van der Waals surface area contributed by atoms with Gasteiger partial charge in [-0.1, -0.05) is 44.2 Å². The van der Waals surface area contributed by atoms with E-state index in [9.17, 15) is 0 Å². The summed E-state index contributed by atoms with van der Waals surface area (Å²) in [6.07, 6.45) is 0. The van der Waals surface area contributed by atoms with Gasteiger partial charge in [-0.15, -0.1) is 0 Å². The van der Waals surface area contributed by atoms with Gasteiger partial charge in [-0.2, -0.15) is 0 Å². The van der Waals surface area contributed by atoms with E-state index in [1.165, 1.54) is 0 Å². The van der Waals surface area contributed by atoms with Gasteiger partial charge in [0.25, 0.3) is 0 Å². The second kappa shape index (κ2) is 7.05. The van der Waals surface area contributed by atoms with E-state index in [4.69, 9.17) is 9.72 Å². The summed E-state index contributed by atoms with van der Waals surface area (Å²) in [5.74, 6) is 2.29. The number of H-pyrrole nitrogens is 1. The lowest BCUT2D eigenvalue weighted by atomic mass is 10.00. The van der Waals surface area contributed by atoms with E-state index in [1.54, 1.807) is 7.11 Å². The summed E-state index contributed by atoms with van der Waals surface area (Å²) in [7, 11) is 1.71. The van der Waals surface area contributed by atoms with Crippen molar-refractivity contribution in [3.63, 3.8) is 0 Å². The highest BCUT2D eigenvalue weighted by atomic mass is 16.5. The minimum absolute atomic E-state index is 0.136. The number of ether oxygens (including phenoxy) is 1. The molecule has 4 nitrogen and oxygen atoms in total. The van der Waals surface area contributed by atoms with Crippen LogP contribution in [-0.4, -0.2) is 17.1 Å².